The van der Waals surface area contributed by atoms with Crippen LogP contribution >= 0.6 is 0 Å². The van der Waals surface area contributed by atoms with Crippen molar-refractivity contribution < 1.29 is 19.1 Å². The summed E-state index contributed by atoms with van der Waals surface area (Å²) >= 11 is 0. The number of ether oxygens (including phenoxy) is 1. The summed E-state index contributed by atoms with van der Waals surface area (Å²) in [6, 6.07) is 24.0. The number of nitrogens with zero attached hydrogens (tertiary/aromatic N) is 1. The smallest absolute Gasteiger partial charge is 0.412 e. The molecule has 2 aliphatic carbocycles. The Bertz CT molecular complexity index is 1560. The summed E-state index contributed by atoms with van der Waals surface area (Å²) in [7, 11) is 0. The predicted molar refractivity (Wildman–Crippen MR) is 157 cm³/mol. The zero-order chi connectivity index (χ0) is 28.7. The van der Waals surface area contributed by atoms with Gasteiger partial charge < -0.3 is 10.1 Å². The van der Waals surface area contributed by atoms with E-state index in [1.807, 2.05) is 18.2 Å². The van der Waals surface area contributed by atoms with Crippen LogP contribution in [0.4, 0.5) is 16.2 Å². The van der Waals surface area contributed by atoms with Crippen LogP contribution < -0.4 is 10.6 Å². The fraction of sp³-hybridized carbons (Fsp3) is 0.152. The Morgan fingerprint density at radius 1 is 0.850 bits per heavy atom. The van der Waals surface area contributed by atoms with E-state index < -0.39 is 24.0 Å². The molecule has 2 N–H and O–H groups in total. The van der Waals surface area contributed by atoms with E-state index in [2.05, 4.69) is 45.8 Å². The number of nitrogens with one attached hydrogen (secondary N) is 2. The van der Waals surface area contributed by atoms with E-state index in [0.717, 1.165) is 11.1 Å². The lowest BCUT2D eigenvalue weighted by Crippen LogP contribution is -2.28. The number of carbonyl (C=O) groups excluding carboxylic acids is 3. The van der Waals surface area contributed by atoms with Gasteiger partial charge in [0.1, 0.15) is 5.60 Å². The van der Waals surface area contributed by atoms with Gasteiger partial charge in [0.2, 0.25) is 5.91 Å². The van der Waals surface area contributed by atoms with E-state index in [1.165, 1.54) is 11.1 Å². The Labute approximate surface area is 233 Å². The van der Waals surface area contributed by atoms with E-state index in [4.69, 9.17) is 11.2 Å². The molecule has 0 bridgehead atoms. The quantitative estimate of drug-likeness (QED) is 0.140. The van der Waals surface area contributed by atoms with Crippen LogP contribution in [0, 0.1) is 12.3 Å². The normalized spacial score (nSPS) is 10.8. The van der Waals surface area contributed by atoms with Crippen LogP contribution in [0.3, 0.4) is 0 Å². The number of Topliss-reactive ketones (excluding diaryl/α,β-unsaturated/α-hetero) is 1. The zero-order valence-electron chi connectivity index (χ0n) is 22.5. The van der Waals surface area contributed by atoms with Crippen molar-refractivity contribution in [3.05, 3.63) is 102 Å². The first kappa shape index (κ1) is 27.8. The first-order valence-corrected chi connectivity index (χ1v) is 12.7. The van der Waals surface area contributed by atoms with Gasteiger partial charge in [0.15, 0.2) is 5.78 Å². The number of anilines is 2. The van der Waals surface area contributed by atoms with Crippen molar-refractivity contribution in [3.8, 4) is 34.6 Å². The Morgan fingerprint density at radius 2 is 1.52 bits per heavy atom. The third-order valence-electron chi connectivity index (χ3n) is 5.84. The van der Waals surface area contributed by atoms with Crippen molar-refractivity contribution in [1.82, 2.24) is 4.98 Å². The highest BCUT2D eigenvalue weighted by molar-refractivity contribution is 6.12. The Balaban J connectivity index is 0.000000534. The van der Waals surface area contributed by atoms with Crippen molar-refractivity contribution in [2.24, 2.45) is 0 Å². The van der Waals surface area contributed by atoms with Crippen LogP contribution in [0.5, 0.6) is 0 Å². The largest absolute Gasteiger partial charge is 0.444 e. The van der Waals surface area contributed by atoms with Gasteiger partial charge in [0, 0.05) is 29.1 Å². The monoisotopic (exact) mass is 531 g/mol. The number of hydrogen-bond acceptors (Lipinski definition) is 5. The number of aromatic nitrogens is 1. The van der Waals surface area contributed by atoms with Gasteiger partial charge in [-0.2, -0.15) is 0 Å². The highest BCUT2D eigenvalue weighted by Crippen LogP contribution is 2.29. The second-order valence-electron chi connectivity index (χ2n) is 10.0. The van der Waals surface area contributed by atoms with Crippen LogP contribution in [0.1, 0.15) is 43.1 Å². The van der Waals surface area contributed by atoms with Gasteiger partial charge in [0.25, 0.3) is 0 Å². The number of hydrogen-bond donors (Lipinski definition) is 2. The van der Waals surface area contributed by atoms with Gasteiger partial charge in [-0.1, -0.05) is 60.5 Å². The molecule has 7 heteroatoms. The highest BCUT2D eigenvalue weighted by atomic mass is 16.6. The molecule has 0 saturated heterocycles. The first-order valence-electron chi connectivity index (χ1n) is 12.7. The Hall–Kier alpha value is -5.22. The van der Waals surface area contributed by atoms with E-state index in [-0.39, 0.29) is 17.2 Å². The SMILES string of the molecule is C#Cc1cccc(NC(=O)OC(C)(C)C)c1NC(=O)CC(=O)c1cccc(-c2cccnc2)c1.c1cc2ccc1-2. The van der Waals surface area contributed by atoms with Gasteiger partial charge in [-0.3, -0.25) is 19.9 Å². The van der Waals surface area contributed by atoms with Crippen molar-refractivity contribution in [1.29, 1.82) is 0 Å². The average molecular weight is 532 g/mol. The number of carbonyl (C=O) groups is 3. The Morgan fingerprint density at radius 3 is 2.10 bits per heavy atom. The summed E-state index contributed by atoms with van der Waals surface area (Å²) in [6.07, 6.45) is 7.85. The van der Waals surface area contributed by atoms with E-state index >= 15 is 0 Å². The topological polar surface area (TPSA) is 97.4 Å². The standard InChI is InChI=1S/C27H25N3O4.C6H4/c1-5-18-9-7-13-22(29-26(33)34-27(2,3)4)25(18)30-24(32)16-23(31)20-11-6-10-19(15-20)21-12-8-14-28-17-21;1-2-6-4-3-5(1)6/h1,6-15,17H,16H2,2-4H3,(H,29,33)(H,30,32);1-4H. The van der Waals surface area contributed by atoms with Crippen LogP contribution in [-0.4, -0.2) is 28.4 Å². The van der Waals surface area contributed by atoms with Crippen LogP contribution in [-0.2, 0) is 9.53 Å². The van der Waals surface area contributed by atoms with Crippen molar-refractivity contribution in [2.45, 2.75) is 32.8 Å². The molecule has 5 rings (SSSR count). The molecule has 0 radical (unpaired) electrons. The summed E-state index contributed by atoms with van der Waals surface area (Å²) in [6.45, 7) is 5.21. The minimum atomic E-state index is -0.700. The van der Waals surface area contributed by atoms with E-state index in [9.17, 15) is 14.4 Å². The number of pyridine rings is 1. The number of terminal acetylenes is 1. The number of fused-ring (bicyclic) bond motifs is 1. The molecule has 200 valence electrons. The third kappa shape index (κ3) is 7.21. The minimum Gasteiger partial charge on any atom is -0.444 e. The highest BCUT2D eigenvalue weighted by Gasteiger charge is 2.20. The average Bonchev–Trinajstić information content (AvgIpc) is 2.91. The number of amides is 2. The van der Waals surface area contributed by atoms with Crippen LogP contribution in [0.25, 0.3) is 22.3 Å². The minimum absolute atomic E-state index is 0.220. The molecule has 40 heavy (non-hydrogen) atoms. The molecule has 1 heterocycles. The molecule has 0 atom stereocenters. The molecule has 2 aromatic carbocycles. The molecule has 0 aliphatic heterocycles. The van der Waals surface area contributed by atoms with Gasteiger partial charge in [0.05, 0.1) is 17.8 Å². The summed E-state index contributed by atoms with van der Waals surface area (Å²) in [5.74, 6) is 1.55. The molecular formula is C33H29N3O4. The molecule has 7 nitrogen and oxygen atoms in total. The van der Waals surface area contributed by atoms with Crippen molar-refractivity contribution in [2.75, 3.05) is 10.6 Å². The van der Waals surface area contributed by atoms with Crippen LogP contribution in [0.2, 0.25) is 0 Å². The Kier molecular flexibility index (Phi) is 8.41. The van der Waals surface area contributed by atoms with Crippen molar-refractivity contribution in [3.63, 3.8) is 0 Å². The fourth-order valence-electron chi connectivity index (χ4n) is 3.82. The van der Waals surface area contributed by atoms with Gasteiger partial charge in [-0.15, -0.1) is 6.42 Å². The van der Waals surface area contributed by atoms with Crippen LogP contribution in [0.15, 0.2) is 91.3 Å². The maximum atomic E-state index is 12.8. The summed E-state index contributed by atoms with van der Waals surface area (Å²) < 4.78 is 5.27. The van der Waals surface area contributed by atoms with Gasteiger partial charge >= 0.3 is 6.09 Å². The number of para-hydroxylation sites is 1. The second-order valence-corrected chi connectivity index (χ2v) is 10.0. The van der Waals surface area contributed by atoms with E-state index in [0.29, 0.717) is 11.1 Å². The lowest BCUT2D eigenvalue weighted by atomic mass is 9.95. The van der Waals surface area contributed by atoms with E-state index in [1.54, 1.807) is 69.6 Å². The van der Waals surface area contributed by atoms with Gasteiger partial charge in [-0.05, 0) is 61.7 Å². The van der Waals surface area contributed by atoms with Gasteiger partial charge in [-0.25, -0.2) is 4.79 Å². The molecule has 1 aromatic heterocycles. The summed E-state index contributed by atoms with van der Waals surface area (Å²) in [5.41, 5.74) is 5.07. The lowest BCUT2D eigenvalue weighted by Gasteiger charge is -2.21. The van der Waals surface area contributed by atoms with Crippen molar-refractivity contribution >= 4 is 29.2 Å². The molecule has 0 unspecified atom stereocenters. The molecule has 2 aliphatic rings. The number of ketones is 1. The second kappa shape index (κ2) is 12.1. The zero-order valence-corrected chi connectivity index (χ0v) is 22.5. The lowest BCUT2D eigenvalue weighted by molar-refractivity contribution is -0.115. The number of rotatable bonds is 6. The fourth-order valence-corrected chi connectivity index (χ4v) is 3.82. The maximum absolute atomic E-state index is 12.8. The molecule has 2 amide bonds. The molecule has 3 aromatic rings. The molecular weight excluding hydrogens is 502 g/mol. The maximum Gasteiger partial charge on any atom is 0.412 e. The summed E-state index contributed by atoms with van der Waals surface area (Å²) in [5, 5.41) is 5.26. The third-order valence-corrected chi connectivity index (χ3v) is 5.84. The summed E-state index contributed by atoms with van der Waals surface area (Å²) in [4.78, 5) is 41.8. The number of benzene rings is 3. The predicted octanol–water partition coefficient (Wildman–Crippen LogP) is 6.96. The first-order chi connectivity index (χ1) is 19.1. The molecule has 0 fully saturated rings. The molecule has 0 spiro atoms. The molecule has 0 saturated carbocycles.